The van der Waals surface area contributed by atoms with Gasteiger partial charge in [0.25, 0.3) is 0 Å². The largest absolute Gasteiger partial charge is 0.459 e. The second-order valence-electron chi connectivity index (χ2n) is 6.32. The number of nitrogens with zero attached hydrogens (tertiary/aromatic N) is 2. The van der Waals surface area contributed by atoms with E-state index in [2.05, 4.69) is 9.97 Å². The smallest absolute Gasteiger partial charge is 0.317 e. The van der Waals surface area contributed by atoms with Crippen molar-refractivity contribution in [1.82, 2.24) is 9.97 Å². The normalized spacial score (nSPS) is 10.7. The first kappa shape index (κ1) is 19.4. The second kappa shape index (κ2) is 8.60. The van der Waals surface area contributed by atoms with Crippen LogP contribution in [0.15, 0.2) is 79.0 Å². The molecule has 1 heterocycles. The predicted molar refractivity (Wildman–Crippen MR) is 114 cm³/mol. The molecule has 0 spiro atoms. The van der Waals surface area contributed by atoms with Crippen LogP contribution in [0.1, 0.15) is 5.56 Å². The van der Waals surface area contributed by atoms with E-state index in [-0.39, 0.29) is 18.4 Å². The maximum Gasteiger partial charge on any atom is 0.317 e. The summed E-state index contributed by atoms with van der Waals surface area (Å²) in [6.07, 6.45) is 1.70. The minimum atomic E-state index is -0.293. The predicted octanol–water partition coefficient (Wildman–Crippen LogP) is 6.84. The first-order chi connectivity index (χ1) is 14.1. The molecule has 3 nitrogen and oxygen atoms in total. The molecule has 0 unspecified atom stereocenters. The molecular weight excluding hydrogens is 410 g/mol. The van der Waals surface area contributed by atoms with Gasteiger partial charge in [0.1, 0.15) is 12.4 Å². The lowest BCUT2D eigenvalue weighted by Crippen LogP contribution is -2.02. The number of aromatic nitrogens is 2. The van der Waals surface area contributed by atoms with Crippen LogP contribution in [-0.2, 0) is 6.61 Å². The Bertz CT molecular complexity index is 1130. The summed E-state index contributed by atoms with van der Waals surface area (Å²) in [5.41, 5.74) is 3.96. The van der Waals surface area contributed by atoms with E-state index in [1.165, 1.54) is 12.1 Å². The lowest BCUT2D eigenvalue weighted by molar-refractivity contribution is 0.281. The summed E-state index contributed by atoms with van der Waals surface area (Å²) >= 11 is 12.4. The average molecular weight is 425 g/mol. The number of benzene rings is 3. The molecule has 29 heavy (non-hydrogen) atoms. The van der Waals surface area contributed by atoms with Crippen LogP contribution in [0.3, 0.4) is 0 Å². The molecule has 0 N–H and O–H groups in total. The molecule has 0 saturated carbocycles. The van der Waals surface area contributed by atoms with Crippen molar-refractivity contribution in [2.45, 2.75) is 6.61 Å². The maximum absolute atomic E-state index is 13.1. The zero-order valence-corrected chi connectivity index (χ0v) is 16.7. The number of rotatable bonds is 5. The third kappa shape index (κ3) is 4.56. The molecule has 0 aliphatic heterocycles. The molecule has 6 heteroatoms. The zero-order valence-electron chi connectivity index (χ0n) is 15.1. The molecular formula is C23H15Cl2FN2O. The highest BCUT2D eigenvalue weighted by Crippen LogP contribution is 2.35. The molecule has 3 aromatic carbocycles. The van der Waals surface area contributed by atoms with E-state index in [0.717, 1.165) is 22.3 Å². The van der Waals surface area contributed by atoms with Gasteiger partial charge in [0.05, 0.1) is 5.69 Å². The Hall–Kier alpha value is -2.95. The van der Waals surface area contributed by atoms with Gasteiger partial charge in [-0.25, -0.2) is 9.37 Å². The standard InChI is InChI=1S/C23H15Cl2FN2O/c24-17-9-7-16(8-10-17)20-13-27-23(29-14-15-5-11-18(26)12-6-15)28-22(20)19-3-1-2-4-21(19)25/h1-13H,14H2. The minimum Gasteiger partial charge on any atom is -0.459 e. The van der Waals surface area contributed by atoms with Crippen LogP contribution in [0.25, 0.3) is 22.4 Å². The average Bonchev–Trinajstić information content (AvgIpc) is 2.74. The van der Waals surface area contributed by atoms with Gasteiger partial charge in [0.15, 0.2) is 0 Å². The van der Waals surface area contributed by atoms with Crippen LogP contribution in [0.2, 0.25) is 10.0 Å². The number of ether oxygens (including phenoxy) is 1. The summed E-state index contributed by atoms with van der Waals surface area (Å²) in [5, 5.41) is 1.22. The highest BCUT2D eigenvalue weighted by Gasteiger charge is 2.15. The van der Waals surface area contributed by atoms with E-state index >= 15 is 0 Å². The third-order valence-electron chi connectivity index (χ3n) is 4.33. The molecule has 0 atom stereocenters. The zero-order chi connectivity index (χ0) is 20.2. The second-order valence-corrected chi connectivity index (χ2v) is 7.16. The van der Waals surface area contributed by atoms with Crippen molar-refractivity contribution in [2.75, 3.05) is 0 Å². The van der Waals surface area contributed by atoms with Crippen molar-refractivity contribution in [1.29, 1.82) is 0 Å². The maximum atomic E-state index is 13.1. The molecule has 4 aromatic rings. The summed E-state index contributed by atoms with van der Waals surface area (Å²) in [6.45, 7) is 0.225. The topological polar surface area (TPSA) is 35.0 Å². The van der Waals surface area contributed by atoms with E-state index in [1.807, 2.05) is 48.5 Å². The van der Waals surface area contributed by atoms with Gasteiger partial charge in [-0.2, -0.15) is 4.98 Å². The number of hydrogen-bond acceptors (Lipinski definition) is 3. The van der Waals surface area contributed by atoms with Crippen LogP contribution < -0.4 is 4.74 Å². The Kier molecular flexibility index (Phi) is 5.74. The van der Waals surface area contributed by atoms with Crippen molar-refractivity contribution in [3.63, 3.8) is 0 Å². The Morgan fingerprint density at radius 3 is 2.28 bits per heavy atom. The highest BCUT2D eigenvalue weighted by atomic mass is 35.5. The Balaban J connectivity index is 1.71. The van der Waals surface area contributed by atoms with E-state index < -0.39 is 0 Å². The monoisotopic (exact) mass is 424 g/mol. The van der Waals surface area contributed by atoms with Crippen LogP contribution >= 0.6 is 23.2 Å². The van der Waals surface area contributed by atoms with Crippen LogP contribution in [0.4, 0.5) is 4.39 Å². The summed E-state index contributed by atoms with van der Waals surface area (Å²) in [5.74, 6) is -0.293. The fraction of sp³-hybridized carbons (Fsp3) is 0.0435. The summed E-state index contributed by atoms with van der Waals surface area (Å²) < 4.78 is 18.8. The van der Waals surface area contributed by atoms with Gasteiger partial charge in [-0.1, -0.05) is 65.7 Å². The molecule has 0 amide bonds. The molecule has 1 aromatic heterocycles. The van der Waals surface area contributed by atoms with Crippen LogP contribution in [-0.4, -0.2) is 9.97 Å². The van der Waals surface area contributed by atoms with E-state index in [1.54, 1.807) is 18.3 Å². The molecule has 0 aliphatic carbocycles. The molecule has 0 bridgehead atoms. The Morgan fingerprint density at radius 2 is 1.55 bits per heavy atom. The quantitative estimate of drug-likeness (QED) is 0.351. The van der Waals surface area contributed by atoms with Crippen molar-refractivity contribution >= 4 is 23.2 Å². The van der Waals surface area contributed by atoms with Crippen LogP contribution in [0, 0.1) is 5.82 Å². The van der Waals surface area contributed by atoms with E-state index in [9.17, 15) is 4.39 Å². The van der Waals surface area contributed by atoms with Gasteiger partial charge < -0.3 is 4.74 Å². The number of halogens is 3. The van der Waals surface area contributed by atoms with Gasteiger partial charge >= 0.3 is 6.01 Å². The van der Waals surface area contributed by atoms with Gasteiger partial charge in [0, 0.05) is 27.4 Å². The van der Waals surface area contributed by atoms with Crippen molar-refractivity contribution in [3.8, 4) is 28.4 Å². The van der Waals surface area contributed by atoms with Gasteiger partial charge in [-0.05, 0) is 41.5 Å². The first-order valence-electron chi connectivity index (χ1n) is 8.85. The van der Waals surface area contributed by atoms with Crippen molar-refractivity contribution in [2.24, 2.45) is 0 Å². The molecule has 144 valence electrons. The lowest BCUT2D eigenvalue weighted by atomic mass is 10.0. The van der Waals surface area contributed by atoms with Gasteiger partial charge in [-0.3, -0.25) is 0 Å². The summed E-state index contributed by atoms with van der Waals surface area (Å²) in [6, 6.07) is 21.2. The van der Waals surface area contributed by atoms with Crippen LogP contribution in [0.5, 0.6) is 6.01 Å². The molecule has 0 radical (unpaired) electrons. The first-order valence-corrected chi connectivity index (χ1v) is 9.61. The molecule has 0 fully saturated rings. The summed E-state index contributed by atoms with van der Waals surface area (Å²) in [4.78, 5) is 8.95. The van der Waals surface area contributed by atoms with E-state index in [4.69, 9.17) is 27.9 Å². The van der Waals surface area contributed by atoms with Crippen molar-refractivity contribution in [3.05, 3.63) is 100 Å². The lowest BCUT2D eigenvalue weighted by Gasteiger charge is -2.12. The van der Waals surface area contributed by atoms with Crippen molar-refractivity contribution < 1.29 is 9.13 Å². The minimum absolute atomic E-state index is 0.210. The Labute approximate surface area is 177 Å². The molecule has 0 saturated heterocycles. The fourth-order valence-corrected chi connectivity index (χ4v) is 3.21. The SMILES string of the molecule is Fc1ccc(COc2ncc(-c3ccc(Cl)cc3)c(-c3ccccc3Cl)n2)cc1. The number of hydrogen-bond donors (Lipinski definition) is 0. The third-order valence-corrected chi connectivity index (χ3v) is 4.91. The van der Waals surface area contributed by atoms with Gasteiger partial charge in [0.2, 0.25) is 0 Å². The fourth-order valence-electron chi connectivity index (χ4n) is 2.86. The van der Waals surface area contributed by atoms with E-state index in [0.29, 0.717) is 15.7 Å². The van der Waals surface area contributed by atoms with Gasteiger partial charge in [-0.15, -0.1) is 0 Å². The molecule has 0 aliphatic rings. The summed E-state index contributed by atoms with van der Waals surface area (Å²) in [7, 11) is 0. The highest BCUT2D eigenvalue weighted by molar-refractivity contribution is 6.33. The Morgan fingerprint density at radius 1 is 0.828 bits per heavy atom. The molecule has 4 rings (SSSR count).